The van der Waals surface area contributed by atoms with Gasteiger partial charge in [-0.1, -0.05) is 12.8 Å². The Balaban J connectivity index is 1.39. The maximum absolute atomic E-state index is 13.1. The van der Waals surface area contributed by atoms with E-state index in [1.165, 1.54) is 11.3 Å². The molecule has 2 amide bonds. The molecule has 2 saturated heterocycles. The second-order valence-corrected chi connectivity index (χ2v) is 9.79. The first kappa shape index (κ1) is 19.1. The molecule has 1 saturated carbocycles. The van der Waals surface area contributed by atoms with E-state index in [-0.39, 0.29) is 30.1 Å². The number of amides is 2. The Hall–Kier alpha value is -1.93. The van der Waals surface area contributed by atoms with Crippen molar-refractivity contribution in [3.8, 4) is 0 Å². The molecule has 1 aromatic heterocycles. The number of nitrogens with one attached hydrogen (secondary N) is 2. The van der Waals surface area contributed by atoms with E-state index in [0.717, 1.165) is 55.4 Å². The van der Waals surface area contributed by atoms with Gasteiger partial charge < -0.3 is 20.5 Å². The van der Waals surface area contributed by atoms with Gasteiger partial charge in [-0.15, -0.1) is 11.3 Å². The summed E-state index contributed by atoms with van der Waals surface area (Å²) in [4.78, 5) is 39.0. The SMILES string of the molecule is O=C(NC1CCCC1)c1c(NC(=O)[C@H]2[C@@H](C(=O)O)[C@@H]3CC[C@H]2O3)sc2c1CCC2. The molecule has 5 rings (SSSR count). The minimum Gasteiger partial charge on any atom is -0.481 e. The van der Waals surface area contributed by atoms with Gasteiger partial charge in [0.1, 0.15) is 5.00 Å². The first-order chi connectivity index (χ1) is 14.0. The van der Waals surface area contributed by atoms with Crippen molar-refractivity contribution in [1.82, 2.24) is 5.32 Å². The fourth-order valence-electron chi connectivity index (χ4n) is 5.58. The number of carbonyl (C=O) groups excluding carboxylic acids is 2. The molecular weight excluding hydrogens is 392 g/mol. The number of ether oxygens (including phenoxy) is 1. The van der Waals surface area contributed by atoms with Crippen molar-refractivity contribution in [2.75, 3.05) is 5.32 Å². The molecule has 4 atom stereocenters. The number of carboxylic acid groups (broad SMARTS) is 1. The van der Waals surface area contributed by atoms with Crippen LogP contribution in [0.4, 0.5) is 5.00 Å². The van der Waals surface area contributed by atoms with Crippen molar-refractivity contribution in [2.24, 2.45) is 11.8 Å². The summed E-state index contributed by atoms with van der Waals surface area (Å²) in [5.41, 5.74) is 1.65. The van der Waals surface area contributed by atoms with Crippen LogP contribution in [0.3, 0.4) is 0 Å². The third-order valence-corrected chi connectivity index (χ3v) is 8.14. The van der Waals surface area contributed by atoms with Gasteiger partial charge in [-0.3, -0.25) is 14.4 Å². The van der Waals surface area contributed by atoms with E-state index in [9.17, 15) is 19.5 Å². The van der Waals surface area contributed by atoms with Gasteiger partial charge in [-0.05, 0) is 50.5 Å². The van der Waals surface area contributed by atoms with Crippen molar-refractivity contribution < 1.29 is 24.2 Å². The van der Waals surface area contributed by atoms with Crippen LogP contribution in [0.15, 0.2) is 0 Å². The third kappa shape index (κ3) is 3.26. The Labute approximate surface area is 173 Å². The van der Waals surface area contributed by atoms with Gasteiger partial charge in [0.2, 0.25) is 5.91 Å². The Morgan fingerprint density at radius 1 is 0.966 bits per heavy atom. The average molecular weight is 419 g/mol. The van der Waals surface area contributed by atoms with Gasteiger partial charge >= 0.3 is 5.97 Å². The second-order valence-electron chi connectivity index (χ2n) is 8.69. The molecule has 2 aliphatic heterocycles. The Bertz CT molecular complexity index is 859. The molecule has 3 N–H and O–H groups in total. The van der Waals surface area contributed by atoms with Crippen LogP contribution in [0.1, 0.15) is 65.7 Å². The average Bonchev–Trinajstić information content (AvgIpc) is 3.46. The van der Waals surface area contributed by atoms with Crippen LogP contribution < -0.4 is 10.6 Å². The molecule has 29 heavy (non-hydrogen) atoms. The van der Waals surface area contributed by atoms with Gasteiger partial charge in [-0.2, -0.15) is 0 Å². The molecule has 0 spiro atoms. The summed E-state index contributed by atoms with van der Waals surface area (Å²) in [5.74, 6) is -2.93. The Morgan fingerprint density at radius 3 is 2.41 bits per heavy atom. The van der Waals surface area contributed by atoms with Crippen molar-refractivity contribution >= 4 is 34.1 Å². The lowest BCUT2D eigenvalue weighted by Crippen LogP contribution is -2.41. The van der Waals surface area contributed by atoms with Crippen LogP contribution in [0.25, 0.3) is 0 Å². The first-order valence-electron chi connectivity index (χ1n) is 10.7. The molecule has 3 fully saturated rings. The molecule has 156 valence electrons. The largest absolute Gasteiger partial charge is 0.481 e. The van der Waals surface area contributed by atoms with E-state index in [1.807, 2.05) is 0 Å². The summed E-state index contributed by atoms with van der Waals surface area (Å²) in [6, 6.07) is 0.207. The van der Waals surface area contributed by atoms with E-state index in [2.05, 4.69) is 10.6 Å². The second kappa shape index (κ2) is 7.40. The zero-order valence-electron chi connectivity index (χ0n) is 16.2. The number of carboxylic acids is 1. The summed E-state index contributed by atoms with van der Waals surface area (Å²) in [6.07, 6.45) is 7.75. The van der Waals surface area contributed by atoms with Crippen molar-refractivity contribution in [3.05, 3.63) is 16.0 Å². The number of aliphatic carboxylic acids is 1. The minimum absolute atomic E-state index is 0.106. The predicted octanol–water partition coefficient (Wildman–Crippen LogP) is 2.73. The van der Waals surface area contributed by atoms with E-state index >= 15 is 0 Å². The van der Waals surface area contributed by atoms with Crippen LogP contribution in [-0.4, -0.2) is 41.1 Å². The summed E-state index contributed by atoms with van der Waals surface area (Å²) >= 11 is 1.47. The summed E-state index contributed by atoms with van der Waals surface area (Å²) in [7, 11) is 0. The fourth-order valence-corrected chi connectivity index (χ4v) is 6.87. The molecule has 7 nitrogen and oxygen atoms in total. The molecule has 3 heterocycles. The molecule has 0 radical (unpaired) electrons. The number of hydrogen-bond donors (Lipinski definition) is 3. The number of rotatable bonds is 5. The van der Waals surface area contributed by atoms with Crippen LogP contribution in [0.5, 0.6) is 0 Å². The molecule has 0 unspecified atom stereocenters. The molecule has 2 aliphatic carbocycles. The highest BCUT2D eigenvalue weighted by Gasteiger charge is 2.55. The topological polar surface area (TPSA) is 105 Å². The standard InChI is InChI=1S/C21H26N2O5S/c24-18(22-10-4-1-2-5-10)15-11-6-3-7-14(11)29-20(15)23-19(25)16-12-8-9-13(28-12)17(16)21(26)27/h10,12-13,16-17H,1-9H2,(H,22,24)(H,23,25)(H,26,27)/t12-,13+,16-,17+/m1/s1. The normalized spacial score (nSPS) is 30.5. The highest BCUT2D eigenvalue weighted by atomic mass is 32.1. The van der Waals surface area contributed by atoms with Gasteiger partial charge in [0.05, 0.1) is 29.6 Å². The van der Waals surface area contributed by atoms with Crippen molar-refractivity contribution in [2.45, 2.75) is 76.0 Å². The molecule has 8 heteroatoms. The van der Waals surface area contributed by atoms with Gasteiger partial charge in [0, 0.05) is 10.9 Å². The van der Waals surface area contributed by atoms with Crippen molar-refractivity contribution in [1.29, 1.82) is 0 Å². The molecule has 4 aliphatic rings. The van der Waals surface area contributed by atoms with Crippen LogP contribution in [0.2, 0.25) is 0 Å². The molecular formula is C21H26N2O5S. The summed E-state index contributed by atoms with van der Waals surface area (Å²) < 4.78 is 5.73. The number of thiophene rings is 1. The third-order valence-electron chi connectivity index (χ3n) is 6.94. The number of aryl methyl sites for hydroxylation is 1. The van der Waals surface area contributed by atoms with Gasteiger partial charge in [-0.25, -0.2) is 0 Å². The maximum Gasteiger partial charge on any atom is 0.310 e. The highest BCUT2D eigenvalue weighted by molar-refractivity contribution is 7.17. The Morgan fingerprint density at radius 2 is 1.69 bits per heavy atom. The summed E-state index contributed by atoms with van der Waals surface area (Å²) in [5, 5.41) is 16.2. The summed E-state index contributed by atoms with van der Waals surface area (Å²) in [6.45, 7) is 0. The van der Waals surface area contributed by atoms with Gasteiger partial charge in [0.25, 0.3) is 5.91 Å². The molecule has 0 aromatic carbocycles. The van der Waals surface area contributed by atoms with E-state index in [0.29, 0.717) is 23.4 Å². The monoisotopic (exact) mass is 418 g/mol. The van der Waals surface area contributed by atoms with Crippen LogP contribution in [-0.2, 0) is 27.2 Å². The van der Waals surface area contributed by atoms with E-state index in [1.54, 1.807) is 0 Å². The minimum atomic E-state index is -0.981. The number of carbonyl (C=O) groups is 3. The number of fused-ring (bicyclic) bond motifs is 3. The van der Waals surface area contributed by atoms with Crippen LogP contribution in [0, 0.1) is 11.8 Å². The predicted molar refractivity (Wildman–Crippen MR) is 107 cm³/mol. The zero-order valence-corrected chi connectivity index (χ0v) is 17.1. The lowest BCUT2D eigenvalue weighted by molar-refractivity contribution is -0.147. The van der Waals surface area contributed by atoms with E-state index in [4.69, 9.17) is 4.74 Å². The van der Waals surface area contributed by atoms with Gasteiger partial charge in [0.15, 0.2) is 0 Å². The Kier molecular flexibility index (Phi) is 4.86. The zero-order chi connectivity index (χ0) is 20.1. The number of anilines is 1. The highest BCUT2D eigenvalue weighted by Crippen LogP contribution is 2.45. The van der Waals surface area contributed by atoms with Crippen molar-refractivity contribution in [3.63, 3.8) is 0 Å². The maximum atomic E-state index is 13.1. The fraction of sp³-hybridized carbons (Fsp3) is 0.667. The van der Waals surface area contributed by atoms with E-state index < -0.39 is 17.8 Å². The lowest BCUT2D eigenvalue weighted by atomic mass is 9.79. The smallest absolute Gasteiger partial charge is 0.310 e. The molecule has 2 bridgehead atoms. The molecule has 1 aromatic rings. The van der Waals surface area contributed by atoms with Crippen LogP contribution >= 0.6 is 11.3 Å². The number of hydrogen-bond acceptors (Lipinski definition) is 5. The first-order valence-corrected chi connectivity index (χ1v) is 11.5. The quantitative estimate of drug-likeness (QED) is 0.682. The lowest BCUT2D eigenvalue weighted by Gasteiger charge is -2.24.